The molecule has 152 valence electrons. The van der Waals surface area contributed by atoms with Crippen LogP contribution in [0.5, 0.6) is 11.5 Å². The summed E-state index contributed by atoms with van der Waals surface area (Å²) in [5.74, 6) is 2.30. The third-order valence-electron chi connectivity index (χ3n) is 4.87. The first-order chi connectivity index (χ1) is 14.1. The lowest BCUT2D eigenvalue weighted by Crippen LogP contribution is -2.31. The predicted octanol–water partition coefficient (Wildman–Crippen LogP) is 2.48. The molecule has 1 N–H and O–H groups in total. The van der Waals surface area contributed by atoms with Crippen molar-refractivity contribution in [3.8, 4) is 17.4 Å². The molecule has 0 aliphatic carbocycles. The number of benzene rings is 1. The van der Waals surface area contributed by atoms with Gasteiger partial charge in [-0.1, -0.05) is 6.07 Å². The van der Waals surface area contributed by atoms with Crippen LogP contribution in [-0.4, -0.2) is 51.3 Å². The van der Waals surface area contributed by atoms with E-state index in [0.717, 1.165) is 42.5 Å². The Bertz CT molecular complexity index is 960. The smallest absolute Gasteiger partial charge is 0.235 e. The van der Waals surface area contributed by atoms with Crippen LogP contribution in [0.3, 0.4) is 0 Å². The number of hydrogen-bond donors (Lipinski definition) is 1. The fourth-order valence-electron chi connectivity index (χ4n) is 3.30. The molecule has 1 aliphatic heterocycles. The number of likely N-dealkylation sites (N-methyl/N-ethyl adjacent to an activating group) is 1. The molecular weight excluding hydrogens is 368 g/mol. The monoisotopic (exact) mass is 394 g/mol. The first-order valence-corrected chi connectivity index (χ1v) is 9.73. The number of aryl methyl sites for hydroxylation is 1. The van der Waals surface area contributed by atoms with Crippen molar-refractivity contribution in [1.29, 1.82) is 0 Å². The number of ether oxygens (including phenoxy) is 2. The molecule has 8 heteroatoms. The Morgan fingerprint density at radius 3 is 2.90 bits per heavy atom. The molecule has 2 aromatic heterocycles. The van der Waals surface area contributed by atoms with Gasteiger partial charge in [-0.3, -0.25) is 4.57 Å². The van der Waals surface area contributed by atoms with Gasteiger partial charge in [-0.25, -0.2) is 15.0 Å². The minimum Gasteiger partial charge on any atom is -0.454 e. The molecule has 8 nitrogen and oxygen atoms in total. The van der Waals surface area contributed by atoms with Crippen LogP contribution in [0, 0.1) is 6.92 Å². The van der Waals surface area contributed by atoms with E-state index in [9.17, 15) is 0 Å². The highest BCUT2D eigenvalue weighted by Gasteiger charge is 2.14. The van der Waals surface area contributed by atoms with Crippen LogP contribution in [0.1, 0.15) is 29.9 Å². The largest absolute Gasteiger partial charge is 0.454 e. The number of nitrogens with one attached hydrogen (secondary N) is 1. The van der Waals surface area contributed by atoms with Crippen molar-refractivity contribution in [3.63, 3.8) is 0 Å². The van der Waals surface area contributed by atoms with E-state index in [1.54, 1.807) is 12.5 Å². The van der Waals surface area contributed by atoms with Gasteiger partial charge in [-0.05, 0) is 44.7 Å². The molecule has 1 aliphatic rings. The molecule has 0 fully saturated rings. The second kappa shape index (κ2) is 8.59. The minimum atomic E-state index is 0.123. The van der Waals surface area contributed by atoms with Gasteiger partial charge in [0.15, 0.2) is 11.5 Å². The van der Waals surface area contributed by atoms with Crippen LogP contribution >= 0.6 is 0 Å². The Balaban J connectivity index is 1.30. The molecule has 0 radical (unpaired) electrons. The van der Waals surface area contributed by atoms with Crippen molar-refractivity contribution in [2.75, 3.05) is 26.9 Å². The summed E-state index contributed by atoms with van der Waals surface area (Å²) in [6.45, 7) is 7.03. The van der Waals surface area contributed by atoms with Crippen LogP contribution in [0.4, 0.5) is 0 Å². The van der Waals surface area contributed by atoms with Crippen molar-refractivity contribution in [2.24, 2.45) is 0 Å². The molecule has 0 spiro atoms. The summed E-state index contributed by atoms with van der Waals surface area (Å²) in [6.07, 6.45) is 5.28. The summed E-state index contributed by atoms with van der Waals surface area (Å²) in [5, 5.41) is 3.56. The Hall–Kier alpha value is -2.97. The van der Waals surface area contributed by atoms with Gasteiger partial charge in [0.2, 0.25) is 12.7 Å². The normalized spacial score (nSPS) is 13.8. The third kappa shape index (κ3) is 4.72. The van der Waals surface area contributed by atoms with Crippen molar-refractivity contribution in [3.05, 3.63) is 59.9 Å². The van der Waals surface area contributed by atoms with Gasteiger partial charge in [-0.2, -0.15) is 0 Å². The van der Waals surface area contributed by atoms with Gasteiger partial charge < -0.3 is 19.7 Å². The lowest BCUT2D eigenvalue weighted by atomic mass is 10.2. The van der Waals surface area contributed by atoms with Crippen molar-refractivity contribution >= 4 is 0 Å². The van der Waals surface area contributed by atoms with Gasteiger partial charge in [0.25, 0.3) is 0 Å². The first-order valence-electron chi connectivity index (χ1n) is 9.73. The number of rotatable bonds is 8. The van der Waals surface area contributed by atoms with Crippen molar-refractivity contribution in [2.45, 2.75) is 26.4 Å². The SMILES string of the molecule is Cc1cc(C(C)NCCN(C)Cc2ccc3c(c2)OCO3)nc(-n2ccnc2)n1. The Morgan fingerprint density at radius 2 is 2.07 bits per heavy atom. The van der Waals surface area contributed by atoms with E-state index in [4.69, 9.17) is 9.47 Å². The van der Waals surface area contributed by atoms with Gasteiger partial charge >= 0.3 is 0 Å². The second-order valence-corrected chi connectivity index (χ2v) is 7.31. The third-order valence-corrected chi connectivity index (χ3v) is 4.87. The van der Waals surface area contributed by atoms with E-state index < -0.39 is 0 Å². The molecule has 0 saturated heterocycles. The zero-order valence-corrected chi connectivity index (χ0v) is 17.0. The lowest BCUT2D eigenvalue weighted by molar-refractivity contribution is 0.174. The number of hydrogen-bond acceptors (Lipinski definition) is 7. The molecular formula is C21H26N6O2. The summed E-state index contributed by atoms with van der Waals surface area (Å²) >= 11 is 0. The van der Waals surface area contributed by atoms with E-state index in [0.29, 0.717) is 12.7 Å². The van der Waals surface area contributed by atoms with Crippen molar-refractivity contribution < 1.29 is 9.47 Å². The highest BCUT2D eigenvalue weighted by molar-refractivity contribution is 5.44. The molecule has 3 aromatic rings. The minimum absolute atomic E-state index is 0.123. The predicted molar refractivity (Wildman–Crippen MR) is 109 cm³/mol. The Kier molecular flexibility index (Phi) is 5.73. The maximum absolute atomic E-state index is 5.46. The lowest BCUT2D eigenvalue weighted by Gasteiger charge is -2.20. The second-order valence-electron chi connectivity index (χ2n) is 7.31. The molecule has 4 rings (SSSR count). The quantitative estimate of drug-likeness (QED) is 0.629. The van der Waals surface area contributed by atoms with Gasteiger partial charge in [0.1, 0.15) is 6.33 Å². The summed E-state index contributed by atoms with van der Waals surface area (Å²) in [4.78, 5) is 15.5. The van der Waals surface area contributed by atoms with E-state index in [1.165, 1.54) is 5.56 Å². The molecule has 0 bridgehead atoms. The van der Waals surface area contributed by atoms with Crippen LogP contribution in [-0.2, 0) is 6.54 Å². The maximum atomic E-state index is 5.46. The highest BCUT2D eigenvalue weighted by atomic mass is 16.7. The summed E-state index contributed by atoms with van der Waals surface area (Å²) in [6, 6.07) is 8.26. The summed E-state index contributed by atoms with van der Waals surface area (Å²) in [5.41, 5.74) is 3.12. The van der Waals surface area contributed by atoms with E-state index in [-0.39, 0.29) is 6.04 Å². The van der Waals surface area contributed by atoms with E-state index >= 15 is 0 Å². The Morgan fingerprint density at radius 1 is 1.21 bits per heavy atom. The highest BCUT2D eigenvalue weighted by Crippen LogP contribution is 2.32. The van der Waals surface area contributed by atoms with Crippen molar-refractivity contribution in [1.82, 2.24) is 29.7 Å². The number of nitrogens with zero attached hydrogens (tertiary/aromatic N) is 5. The van der Waals surface area contributed by atoms with Crippen LogP contribution in [0.25, 0.3) is 5.95 Å². The number of imidazole rings is 1. The average Bonchev–Trinajstić information content (AvgIpc) is 3.39. The van der Waals surface area contributed by atoms with Crippen LogP contribution in [0.15, 0.2) is 43.0 Å². The molecule has 3 heterocycles. The molecule has 0 amide bonds. The standard InChI is InChI=1S/C21H26N6O2/c1-15-10-18(25-21(24-15)27-9-6-22-13-27)16(2)23-7-8-26(3)12-17-4-5-19-20(11-17)29-14-28-19/h4-6,9-11,13,16,23H,7-8,12,14H2,1-3H3. The molecule has 1 atom stereocenters. The molecule has 29 heavy (non-hydrogen) atoms. The Labute approximate surface area is 170 Å². The zero-order chi connectivity index (χ0) is 20.2. The van der Waals surface area contributed by atoms with Crippen LogP contribution in [0.2, 0.25) is 0 Å². The van der Waals surface area contributed by atoms with E-state index in [2.05, 4.69) is 51.3 Å². The topological polar surface area (TPSA) is 77.3 Å². The first kappa shape index (κ1) is 19.4. The van der Waals surface area contributed by atoms with Gasteiger partial charge in [-0.15, -0.1) is 0 Å². The molecule has 1 aromatic carbocycles. The van der Waals surface area contributed by atoms with E-state index in [1.807, 2.05) is 29.8 Å². The van der Waals surface area contributed by atoms with Crippen LogP contribution < -0.4 is 14.8 Å². The summed E-state index contributed by atoms with van der Waals surface area (Å²) < 4.78 is 12.7. The zero-order valence-electron chi connectivity index (χ0n) is 17.0. The molecule has 1 unspecified atom stereocenters. The summed E-state index contributed by atoms with van der Waals surface area (Å²) in [7, 11) is 2.11. The fraction of sp³-hybridized carbons (Fsp3) is 0.381. The molecule has 0 saturated carbocycles. The fourth-order valence-corrected chi connectivity index (χ4v) is 3.30. The van der Waals surface area contributed by atoms with Gasteiger partial charge in [0, 0.05) is 43.8 Å². The van der Waals surface area contributed by atoms with Gasteiger partial charge in [0.05, 0.1) is 5.69 Å². The maximum Gasteiger partial charge on any atom is 0.235 e. The number of aromatic nitrogens is 4. The average molecular weight is 394 g/mol. The number of fused-ring (bicyclic) bond motifs is 1.